The zero-order valence-corrected chi connectivity index (χ0v) is 20.5. The Morgan fingerprint density at radius 2 is 1.82 bits per heavy atom. The number of hydrogen-bond acceptors (Lipinski definition) is 5. The number of hydrogen-bond donors (Lipinski definition) is 0. The van der Waals surface area contributed by atoms with Gasteiger partial charge in [-0.25, -0.2) is 4.79 Å². The van der Waals surface area contributed by atoms with Gasteiger partial charge in [-0.3, -0.25) is 14.9 Å². The Morgan fingerprint density at radius 1 is 1.12 bits per heavy atom. The number of likely N-dealkylation sites (tertiary alicyclic amines) is 1. The number of halogens is 1. The predicted octanol–water partition coefficient (Wildman–Crippen LogP) is 5.91. The van der Waals surface area contributed by atoms with E-state index < -0.39 is 10.5 Å². The van der Waals surface area contributed by atoms with Crippen molar-refractivity contribution in [1.29, 1.82) is 0 Å². The van der Waals surface area contributed by atoms with E-state index in [9.17, 15) is 19.7 Å². The highest BCUT2D eigenvalue weighted by Gasteiger charge is 2.44. The van der Waals surface area contributed by atoms with Crippen LogP contribution in [0.5, 0.6) is 0 Å². The number of nitro groups is 1. The fourth-order valence-electron chi connectivity index (χ4n) is 4.89. The summed E-state index contributed by atoms with van der Waals surface area (Å²) in [5, 5.41) is 11.6. The summed E-state index contributed by atoms with van der Waals surface area (Å²) in [6.45, 7) is 8.24. The first-order chi connectivity index (χ1) is 16.0. The lowest BCUT2D eigenvalue weighted by Crippen LogP contribution is -2.37. The van der Waals surface area contributed by atoms with Gasteiger partial charge in [-0.05, 0) is 76.3 Å². The summed E-state index contributed by atoms with van der Waals surface area (Å²) >= 11 is 6.37. The Balaban J connectivity index is 1.74. The Kier molecular flexibility index (Phi) is 6.29. The molecule has 0 aliphatic carbocycles. The number of nitro benzene ring substituents is 1. The van der Waals surface area contributed by atoms with Crippen LogP contribution >= 0.6 is 11.6 Å². The van der Waals surface area contributed by atoms with E-state index in [1.807, 2.05) is 32.9 Å². The molecule has 4 rings (SSSR count). The van der Waals surface area contributed by atoms with Crippen LogP contribution in [0.4, 0.5) is 16.2 Å². The molecule has 8 nitrogen and oxygen atoms in total. The molecule has 0 spiro atoms. The van der Waals surface area contributed by atoms with E-state index in [0.29, 0.717) is 41.3 Å². The standard InChI is InChI=1S/C25H28ClN3O5/c1-15-13-18(29(32)33)6-7-19(15)23(30)27-11-9-16-10-12-28(24(31)34-25(2,3)4)22(16)20-14-17(26)5-8-21(20)27/h5-8,13-14,16,22H,9-12H2,1-4H3. The molecule has 9 heteroatoms. The van der Waals surface area contributed by atoms with Gasteiger partial charge in [0.1, 0.15) is 5.60 Å². The van der Waals surface area contributed by atoms with E-state index in [1.165, 1.54) is 18.2 Å². The molecular formula is C25H28ClN3O5. The molecule has 1 fully saturated rings. The lowest BCUT2D eigenvalue weighted by molar-refractivity contribution is -0.384. The van der Waals surface area contributed by atoms with Gasteiger partial charge in [0, 0.05) is 47.1 Å². The SMILES string of the molecule is Cc1cc([N+](=O)[O-])ccc1C(=O)N1CCC2CCN(C(=O)OC(C)(C)C)C2c2cc(Cl)ccc21. The number of nitrogens with zero attached hydrogens (tertiary/aromatic N) is 3. The second-order valence-electron chi connectivity index (χ2n) is 9.87. The number of benzene rings is 2. The van der Waals surface area contributed by atoms with Gasteiger partial charge in [0.2, 0.25) is 0 Å². The van der Waals surface area contributed by atoms with Crippen molar-refractivity contribution in [1.82, 2.24) is 4.90 Å². The van der Waals surface area contributed by atoms with Crippen LogP contribution in [-0.4, -0.2) is 40.5 Å². The first-order valence-corrected chi connectivity index (χ1v) is 11.7. The van der Waals surface area contributed by atoms with Crippen LogP contribution in [0.2, 0.25) is 5.02 Å². The van der Waals surface area contributed by atoms with Gasteiger partial charge in [0.05, 0.1) is 11.0 Å². The molecule has 34 heavy (non-hydrogen) atoms. The average Bonchev–Trinajstić information content (AvgIpc) is 3.10. The molecule has 1 saturated heterocycles. The van der Waals surface area contributed by atoms with Crippen LogP contribution in [0.3, 0.4) is 0 Å². The highest BCUT2D eigenvalue weighted by Crippen LogP contribution is 2.47. The first kappa shape index (κ1) is 24.0. The van der Waals surface area contributed by atoms with Gasteiger partial charge in [-0.1, -0.05) is 11.6 Å². The maximum absolute atomic E-state index is 13.6. The first-order valence-electron chi connectivity index (χ1n) is 11.3. The molecule has 2 heterocycles. The van der Waals surface area contributed by atoms with Crippen LogP contribution in [0.1, 0.15) is 61.1 Å². The van der Waals surface area contributed by atoms with E-state index in [-0.39, 0.29) is 29.6 Å². The Labute approximate surface area is 203 Å². The van der Waals surface area contributed by atoms with Crippen molar-refractivity contribution in [3.05, 3.63) is 68.2 Å². The maximum atomic E-state index is 13.6. The summed E-state index contributed by atoms with van der Waals surface area (Å²) in [7, 11) is 0. The van der Waals surface area contributed by atoms with Gasteiger partial charge in [-0.2, -0.15) is 0 Å². The Hall–Kier alpha value is -3.13. The molecule has 2 aliphatic rings. The van der Waals surface area contributed by atoms with E-state index in [0.717, 1.165) is 12.0 Å². The predicted molar refractivity (Wildman–Crippen MR) is 129 cm³/mol. The summed E-state index contributed by atoms with van der Waals surface area (Å²) in [5.41, 5.74) is 1.77. The summed E-state index contributed by atoms with van der Waals surface area (Å²) < 4.78 is 5.67. The quantitative estimate of drug-likeness (QED) is 0.389. The van der Waals surface area contributed by atoms with Gasteiger partial charge in [-0.15, -0.1) is 0 Å². The zero-order chi connectivity index (χ0) is 24.8. The number of rotatable bonds is 2. The van der Waals surface area contributed by atoms with Crippen LogP contribution in [0.15, 0.2) is 36.4 Å². The van der Waals surface area contributed by atoms with Gasteiger partial charge in [0.25, 0.3) is 11.6 Å². The fraction of sp³-hybridized carbons (Fsp3) is 0.440. The highest BCUT2D eigenvalue weighted by atomic mass is 35.5. The van der Waals surface area contributed by atoms with Gasteiger partial charge >= 0.3 is 6.09 Å². The maximum Gasteiger partial charge on any atom is 0.410 e. The number of aryl methyl sites for hydroxylation is 1. The van der Waals surface area contributed by atoms with Gasteiger partial charge < -0.3 is 14.5 Å². The number of anilines is 1. The lowest BCUT2D eigenvalue weighted by atomic mass is 9.92. The molecule has 0 aromatic heterocycles. The number of carbonyl (C=O) groups is 2. The summed E-state index contributed by atoms with van der Waals surface area (Å²) in [5.74, 6) is -0.0831. The van der Waals surface area contributed by atoms with Crippen LogP contribution < -0.4 is 4.90 Å². The van der Waals surface area contributed by atoms with Crippen LogP contribution in [-0.2, 0) is 4.74 Å². The van der Waals surface area contributed by atoms with Crippen molar-refractivity contribution in [2.75, 3.05) is 18.0 Å². The monoisotopic (exact) mass is 485 g/mol. The molecule has 0 bridgehead atoms. The van der Waals surface area contributed by atoms with Crippen molar-refractivity contribution < 1.29 is 19.2 Å². The molecule has 2 aromatic rings. The highest BCUT2D eigenvalue weighted by molar-refractivity contribution is 6.30. The normalized spacial score (nSPS) is 19.8. The number of carbonyl (C=O) groups excluding carboxylic acids is 2. The number of fused-ring (bicyclic) bond motifs is 3. The van der Waals surface area contributed by atoms with E-state index in [2.05, 4.69) is 0 Å². The van der Waals surface area contributed by atoms with Crippen LogP contribution in [0, 0.1) is 23.0 Å². The summed E-state index contributed by atoms with van der Waals surface area (Å²) in [6.07, 6.45) is 1.12. The van der Waals surface area contributed by atoms with E-state index in [4.69, 9.17) is 16.3 Å². The van der Waals surface area contributed by atoms with Crippen LogP contribution in [0.25, 0.3) is 0 Å². The molecule has 0 saturated carbocycles. The molecule has 2 amide bonds. The largest absolute Gasteiger partial charge is 0.444 e. The molecular weight excluding hydrogens is 458 g/mol. The minimum absolute atomic E-state index is 0.0559. The minimum Gasteiger partial charge on any atom is -0.444 e. The smallest absolute Gasteiger partial charge is 0.410 e. The second-order valence-corrected chi connectivity index (χ2v) is 10.3. The third-order valence-electron chi connectivity index (χ3n) is 6.37. The zero-order valence-electron chi connectivity index (χ0n) is 19.7. The Bertz CT molecular complexity index is 1160. The van der Waals surface area contributed by atoms with Crippen molar-refractivity contribution in [3.8, 4) is 0 Å². The fourth-order valence-corrected chi connectivity index (χ4v) is 5.07. The van der Waals surface area contributed by atoms with Crippen molar-refractivity contribution in [2.45, 2.75) is 52.2 Å². The molecule has 180 valence electrons. The van der Waals surface area contributed by atoms with Crippen molar-refractivity contribution in [2.24, 2.45) is 5.92 Å². The lowest BCUT2D eigenvalue weighted by Gasteiger charge is -2.31. The van der Waals surface area contributed by atoms with Crippen molar-refractivity contribution >= 4 is 35.0 Å². The third kappa shape index (κ3) is 4.59. The number of amides is 2. The number of non-ortho nitro benzene ring substituents is 1. The number of ether oxygens (including phenoxy) is 1. The van der Waals surface area contributed by atoms with Gasteiger partial charge in [0.15, 0.2) is 0 Å². The van der Waals surface area contributed by atoms with E-state index >= 15 is 0 Å². The van der Waals surface area contributed by atoms with E-state index in [1.54, 1.807) is 22.8 Å². The molecule has 2 aromatic carbocycles. The summed E-state index contributed by atoms with van der Waals surface area (Å²) in [4.78, 5) is 40.8. The molecule has 2 unspecified atom stereocenters. The molecule has 0 radical (unpaired) electrons. The third-order valence-corrected chi connectivity index (χ3v) is 6.61. The minimum atomic E-state index is -0.619. The second kappa shape index (κ2) is 8.91. The topological polar surface area (TPSA) is 93.0 Å². The van der Waals surface area contributed by atoms with Crippen molar-refractivity contribution in [3.63, 3.8) is 0 Å². The molecule has 2 atom stereocenters. The molecule has 0 N–H and O–H groups in total. The summed E-state index contributed by atoms with van der Waals surface area (Å²) in [6, 6.07) is 9.38. The molecule has 2 aliphatic heterocycles. The average molecular weight is 486 g/mol. The Morgan fingerprint density at radius 3 is 2.47 bits per heavy atom.